The van der Waals surface area contributed by atoms with Gasteiger partial charge in [-0.25, -0.2) is 0 Å². The number of Topliss-reactive ketones (excluding diaryl/α,β-unsaturated/α-hetero) is 1. The molecule has 9 heteroatoms. The van der Waals surface area contributed by atoms with Crippen LogP contribution in [0.3, 0.4) is 0 Å². The van der Waals surface area contributed by atoms with Crippen molar-refractivity contribution in [3.63, 3.8) is 0 Å². The number of hydrogen-bond donors (Lipinski definition) is 1. The quantitative estimate of drug-likeness (QED) is 0.311. The number of primary amides is 1. The zero-order valence-electron chi connectivity index (χ0n) is 17.0. The highest BCUT2D eigenvalue weighted by Gasteiger charge is 2.40. The maximum Gasteiger partial charge on any atom is 0.455 e. The Morgan fingerprint density at radius 3 is 2.30 bits per heavy atom. The van der Waals surface area contributed by atoms with Crippen LogP contribution in [0, 0.1) is 0 Å². The molecule has 0 unspecified atom stereocenters. The Morgan fingerprint density at radius 1 is 0.939 bits per heavy atom. The summed E-state index contributed by atoms with van der Waals surface area (Å²) in [4.78, 5) is 32.1. The number of thiophene rings is 1. The number of carbonyl (C=O) groups excluding carboxylic acids is 2. The summed E-state index contributed by atoms with van der Waals surface area (Å²) < 4.78 is 37.9. The zero-order valence-corrected chi connectivity index (χ0v) is 17.8. The summed E-state index contributed by atoms with van der Waals surface area (Å²) in [5.74, 6) is -2.42. The van der Waals surface area contributed by atoms with Gasteiger partial charge in [0.15, 0.2) is 0 Å². The highest BCUT2D eigenvalue weighted by atomic mass is 32.1. The Hall–Kier alpha value is -3.85. The van der Waals surface area contributed by atoms with E-state index < -0.39 is 17.9 Å². The zero-order chi connectivity index (χ0) is 23.6. The molecule has 0 bridgehead atoms. The Bertz CT molecular complexity index is 1380. The van der Waals surface area contributed by atoms with Gasteiger partial charge in [0.2, 0.25) is 5.91 Å². The first-order valence-corrected chi connectivity index (χ1v) is 10.5. The molecule has 2 aromatic carbocycles. The maximum absolute atomic E-state index is 12.6. The minimum absolute atomic E-state index is 0.303. The van der Waals surface area contributed by atoms with Gasteiger partial charge in [0.1, 0.15) is 0 Å². The van der Waals surface area contributed by atoms with Crippen molar-refractivity contribution in [3.05, 3.63) is 88.6 Å². The number of halogens is 3. The van der Waals surface area contributed by atoms with E-state index in [1.54, 1.807) is 42.7 Å². The van der Waals surface area contributed by atoms with Crippen LogP contribution in [0.5, 0.6) is 0 Å². The van der Waals surface area contributed by atoms with Gasteiger partial charge in [0.05, 0.1) is 15.9 Å². The third-order valence-corrected chi connectivity index (χ3v) is 6.00. The van der Waals surface area contributed by atoms with Crippen LogP contribution in [-0.4, -0.2) is 27.8 Å². The molecule has 5 nitrogen and oxygen atoms in total. The average Bonchev–Trinajstić information content (AvgIpc) is 3.28. The van der Waals surface area contributed by atoms with E-state index in [1.807, 2.05) is 18.2 Å². The molecule has 2 heterocycles. The third kappa shape index (κ3) is 5.15. The number of carbonyl (C=O) groups is 2. The van der Waals surface area contributed by atoms with Crippen LogP contribution in [0.15, 0.2) is 72.6 Å². The molecule has 0 saturated carbocycles. The third-order valence-electron chi connectivity index (χ3n) is 4.87. The number of amides is 1. The molecule has 0 aliphatic carbocycles. The van der Waals surface area contributed by atoms with Gasteiger partial charge in [0.25, 0.3) is 5.78 Å². The van der Waals surface area contributed by atoms with Crippen molar-refractivity contribution in [1.82, 2.24) is 9.97 Å². The summed E-state index contributed by atoms with van der Waals surface area (Å²) in [7, 11) is 0. The fraction of sp³-hybridized carbons (Fsp3) is 0.0833. The van der Waals surface area contributed by atoms with E-state index in [0.717, 1.165) is 22.4 Å². The number of alkyl halides is 3. The van der Waals surface area contributed by atoms with Crippen LogP contribution in [0.1, 0.15) is 20.8 Å². The van der Waals surface area contributed by atoms with E-state index in [1.165, 1.54) is 12.1 Å². The Labute approximate surface area is 190 Å². The summed E-state index contributed by atoms with van der Waals surface area (Å²) in [6.07, 6.45) is 0.261. The predicted octanol–water partition coefficient (Wildman–Crippen LogP) is 5.21. The van der Waals surface area contributed by atoms with Gasteiger partial charge in [-0.3, -0.25) is 19.6 Å². The Kier molecular flexibility index (Phi) is 6.06. The second-order valence-electron chi connectivity index (χ2n) is 7.20. The lowest BCUT2D eigenvalue weighted by molar-refractivity contribution is -0.114. The molecule has 166 valence electrons. The van der Waals surface area contributed by atoms with E-state index in [9.17, 15) is 22.8 Å². The number of nitrogens with zero attached hydrogens (tertiary/aromatic N) is 2. The molecular weight excluding hydrogens is 451 g/mol. The molecule has 33 heavy (non-hydrogen) atoms. The lowest BCUT2D eigenvalue weighted by Crippen LogP contribution is -2.21. The molecule has 0 aliphatic heterocycles. The van der Waals surface area contributed by atoms with Crippen molar-refractivity contribution in [1.29, 1.82) is 0 Å². The first-order chi connectivity index (χ1) is 15.7. The molecule has 4 aromatic rings. The normalized spacial score (nSPS) is 12.2. The highest BCUT2D eigenvalue weighted by Crippen LogP contribution is 2.32. The summed E-state index contributed by atoms with van der Waals surface area (Å²) in [5.41, 5.74) is 9.64. The first-order valence-electron chi connectivity index (χ1n) is 9.72. The predicted molar refractivity (Wildman–Crippen MR) is 121 cm³/mol. The van der Waals surface area contributed by atoms with Crippen LogP contribution >= 0.6 is 11.3 Å². The molecule has 2 aromatic heterocycles. The average molecular weight is 467 g/mol. The van der Waals surface area contributed by atoms with Crippen LogP contribution in [-0.2, 0) is 11.2 Å². The lowest BCUT2D eigenvalue weighted by atomic mass is 10.0. The van der Waals surface area contributed by atoms with E-state index in [-0.39, 0.29) is 4.88 Å². The molecular formula is C24H16F3N3O2S. The minimum atomic E-state index is -4.90. The van der Waals surface area contributed by atoms with Gasteiger partial charge in [-0.15, -0.1) is 11.3 Å². The number of aromatic nitrogens is 2. The van der Waals surface area contributed by atoms with Gasteiger partial charge in [-0.05, 0) is 47.0 Å². The first kappa shape index (κ1) is 22.3. The summed E-state index contributed by atoms with van der Waals surface area (Å²) >= 11 is 0.778. The van der Waals surface area contributed by atoms with Crippen molar-refractivity contribution in [2.75, 3.05) is 0 Å². The van der Waals surface area contributed by atoms with Crippen molar-refractivity contribution in [2.24, 2.45) is 5.73 Å². The van der Waals surface area contributed by atoms with Gasteiger partial charge in [0, 0.05) is 29.3 Å². The van der Waals surface area contributed by atoms with Crippen molar-refractivity contribution in [2.45, 2.75) is 12.6 Å². The fourth-order valence-corrected chi connectivity index (χ4v) is 4.22. The van der Waals surface area contributed by atoms with E-state index in [0.29, 0.717) is 33.5 Å². The lowest BCUT2D eigenvalue weighted by Gasteiger charge is -2.06. The second-order valence-corrected chi connectivity index (χ2v) is 8.29. The van der Waals surface area contributed by atoms with Crippen LogP contribution < -0.4 is 5.73 Å². The number of hydrogen-bond acceptors (Lipinski definition) is 5. The molecule has 2 N–H and O–H groups in total. The SMILES string of the molecule is NC(=O)/C(=C\c1ccc(-c2ccc(C(=O)C(F)(F)F)s2)cc1)Cc1ccc2nccnc2c1. The second kappa shape index (κ2) is 8.95. The molecule has 0 atom stereocenters. The molecule has 0 aliphatic rings. The Balaban J connectivity index is 1.55. The van der Waals surface area contributed by atoms with Crippen molar-refractivity contribution < 1.29 is 22.8 Å². The number of fused-ring (bicyclic) bond motifs is 1. The monoisotopic (exact) mass is 467 g/mol. The topological polar surface area (TPSA) is 85.9 Å². The van der Waals surface area contributed by atoms with Gasteiger partial charge in [-0.1, -0.05) is 30.3 Å². The minimum Gasteiger partial charge on any atom is -0.366 e. The van der Waals surface area contributed by atoms with Gasteiger partial charge in [-0.2, -0.15) is 13.2 Å². The van der Waals surface area contributed by atoms with Gasteiger partial charge < -0.3 is 5.73 Å². The highest BCUT2D eigenvalue weighted by molar-refractivity contribution is 7.17. The van der Waals surface area contributed by atoms with Crippen LogP contribution in [0.2, 0.25) is 0 Å². The number of nitrogens with two attached hydrogens (primary N) is 1. The standard InChI is InChI=1S/C24H16F3N3O2S/c25-24(26,27)22(31)21-8-7-20(33-21)16-4-1-14(2-5-16)11-17(23(28)32)12-15-3-6-18-19(13-15)30-10-9-29-18/h1-11,13H,12H2,(H2,28,32)/b17-11-. The summed E-state index contributed by atoms with van der Waals surface area (Å²) in [6, 6.07) is 15.1. The molecule has 1 amide bonds. The number of ketones is 1. The largest absolute Gasteiger partial charge is 0.455 e. The molecule has 0 spiro atoms. The molecule has 4 rings (SSSR count). The van der Waals surface area contributed by atoms with E-state index in [2.05, 4.69) is 9.97 Å². The molecule has 0 saturated heterocycles. The maximum atomic E-state index is 12.6. The van der Waals surface area contributed by atoms with Crippen molar-refractivity contribution in [3.8, 4) is 10.4 Å². The van der Waals surface area contributed by atoms with Crippen LogP contribution in [0.25, 0.3) is 27.6 Å². The summed E-state index contributed by atoms with van der Waals surface area (Å²) in [5, 5.41) is 0. The van der Waals surface area contributed by atoms with E-state index >= 15 is 0 Å². The Morgan fingerprint density at radius 2 is 1.64 bits per heavy atom. The van der Waals surface area contributed by atoms with Crippen LogP contribution in [0.4, 0.5) is 13.2 Å². The smallest absolute Gasteiger partial charge is 0.366 e. The number of rotatable bonds is 6. The fourth-order valence-electron chi connectivity index (χ4n) is 3.25. The molecule has 0 radical (unpaired) electrons. The van der Waals surface area contributed by atoms with E-state index in [4.69, 9.17) is 5.73 Å². The van der Waals surface area contributed by atoms with Gasteiger partial charge >= 0.3 is 6.18 Å². The number of benzene rings is 2. The molecule has 0 fully saturated rings. The van der Waals surface area contributed by atoms with Crippen molar-refractivity contribution >= 4 is 40.1 Å². The summed E-state index contributed by atoms with van der Waals surface area (Å²) in [6.45, 7) is 0.